The normalized spacial score (nSPS) is 11.4. The van der Waals surface area contributed by atoms with Gasteiger partial charge in [-0.25, -0.2) is 14.4 Å². The summed E-state index contributed by atoms with van der Waals surface area (Å²) in [6.07, 6.45) is 6.20. The van der Waals surface area contributed by atoms with E-state index in [-0.39, 0.29) is 11.8 Å². The molecule has 1 aliphatic rings. The molecule has 3 nitrogen and oxygen atoms in total. The second-order valence-corrected chi connectivity index (χ2v) is 6.40. The molecule has 0 radical (unpaired) electrons. The molecule has 0 aliphatic heterocycles. The smallest absolute Gasteiger partial charge is 0.221 e. The van der Waals surface area contributed by atoms with Crippen molar-refractivity contribution in [2.45, 2.75) is 20.3 Å². The van der Waals surface area contributed by atoms with Gasteiger partial charge in [0.05, 0.1) is 11.4 Å². The lowest BCUT2D eigenvalue weighted by Gasteiger charge is -2.11. The van der Waals surface area contributed by atoms with Gasteiger partial charge in [-0.1, -0.05) is 63.4 Å². The maximum atomic E-state index is 13.3. The molecule has 2 aromatic carbocycles. The number of benzene rings is 2. The third kappa shape index (κ3) is 3.87. The van der Waals surface area contributed by atoms with Crippen molar-refractivity contribution in [3.63, 3.8) is 0 Å². The summed E-state index contributed by atoms with van der Waals surface area (Å²) in [5, 5.41) is 0. The largest absolute Gasteiger partial charge is 0.368 e. The van der Waals surface area contributed by atoms with Crippen molar-refractivity contribution < 1.29 is 4.39 Å². The van der Waals surface area contributed by atoms with Gasteiger partial charge in [0.1, 0.15) is 5.82 Å². The number of allylic oxidation sites excluding steroid dienone is 4. The van der Waals surface area contributed by atoms with Crippen molar-refractivity contribution in [1.82, 2.24) is 9.97 Å². The molecule has 4 rings (SSSR count). The van der Waals surface area contributed by atoms with Crippen molar-refractivity contribution in [2.24, 2.45) is 0 Å². The minimum Gasteiger partial charge on any atom is -0.368 e. The van der Waals surface area contributed by atoms with Crippen LogP contribution < -0.4 is 5.73 Å². The maximum Gasteiger partial charge on any atom is 0.221 e. The third-order valence-electron chi connectivity index (χ3n) is 4.68. The summed E-state index contributed by atoms with van der Waals surface area (Å²) in [4.78, 5) is 8.98. The van der Waals surface area contributed by atoms with Crippen LogP contribution in [0.4, 0.5) is 10.3 Å². The molecule has 0 spiro atoms. The first-order chi connectivity index (χ1) is 14.1. The Hall–Kier alpha value is -3.53. The Labute approximate surface area is 171 Å². The molecule has 0 saturated heterocycles. The van der Waals surface area contributed by atoms with Gasteiger partial charge in [0.15, 0.2) is 0 Å². The summed E-state index contributed by atoms with van der Waals surface area (Å²) < 4.78 is 13.3. The molecule has 0 bridgehead atoms. The van der Waals surface area contributed by atoms with Crippen LogP contribution in [-0.4, -0.2) is 9.97 Å². The summed E-state index contributed by atoms with van der Waals surface area (Å²) in [7, 11) is 0. The number of fused-ring (bicyclic) bond motifs is 3. The van der Waals surface area contributed by atoms with Crippen LogP contribution in [0.2, 0.25) is 0 Å². The molecule has 146 valence electrons. The van der Waals surface area contributed by atoms with Crippen molar-refractivity contribution in [3.8, 4) is 22.5 Å². The Kier molecular flexibility index (Phi) is 6.03. The molecule has 3 aromatic rings. The predicted octanol–water partition coefficient (Wildman–Crippen LogP) is 6.22. The number of nitrogen functional groups attached to an aromatic ring is 1. The zero-order valence-electron chi connectivity index (χ0n) is 16.7. The average Bonchev–Trinajstić information content (AvgIpc) is 3.12. The zero-order chi connectivity index (χ0) is 21.0. The summed E-state index contributed by atoms with van der Waals surface area (Å²) in [5.74, 6) is -0.0868. The Bertz CT molecular complexity index is 1100. The van der Waals surface area contributed by atoms with Gasteiger partial charge in [0.25, 0.3) is 0 Å². The van der Waals surface area contributed by atoms with Gasteiger partial charge < -0.3 is 5.73 Å². The van der Waals surface area contributed by atoms with Crippen LogP contribution in [0, 0.1) is 5.82 Å². The molecule has 2 N–H and O–H groups in total. The van der Waals surface area contributed by atoms with Gasteiger partial charge in [-0.2, -0.15) is 0 Å². The molecule has 0 amide bonds. The average molecular weight is 385 g/mol. The summed E-state index contributed by atoms with van der Waals surface area (Å²) >= 11 is 0. The second kappa shape index (κ2) is 8.65. The van der Waals surface area contributed by atoms with E-state index in [0.29, 0.717) is 6.42 Å². The number of hydrogen-bond donors (Lipinski definition) is 1. The second-order valence-electron chi connectivity index (χ2n) is 6.40. The molecule has 1 aliphatic carbocycles. The van der Waals surface area contributed by atoms with E-state index in [4.69, 9.17) is 5.73 Å². The molecular formula is C25H24FN3. The van der Waals surface area contributed by atoms with Crippen LogP contribution in [0.25, 0.3) is 28.1 Å². The third-order valence-corrected chi connectivity index (χ3v) is 4.68. The quantitative estimate of drug-likeness (QED) is 0.424. The molecule has 4 heteroatoms. The number of hydrogen-bond acceptors (Lipinski definition) is 3. The standard InChI is InChI=1S/C23H18FN3.C2H6/c1-3-4-6-14(2)18-8-5-7-16-13-19-21(15-9-11-17(24)12-10-15)26-23(25)27-22(19)20(16)18;1-2/h3-12H,1-2,13H2,(H2,25,26,27);1-2H3/b6-4-;. The molecule has 0 atom stereocenters. The van der Waals surface area contributed by atoms with Gasteiger partial charge in [0.2, 0.25) is 5.95 Å². The summed E-state index contributed by atoms with van der Waals surface area (Å²) in [6, 6.07) is 12.4. The van der Waals surface area contributed by atoms with Crippen LogP contribution >= 0.6 is 0 Å². The van der Waals surface area contributed by atoms with Crippen LogP contribution in [0.3, 0.4) is 0 Å². The molecule has 0 fully saturated rings. The van der Waals surface area contributed by atoms with Gasteiger partial charge >= 0.3 is 0 Å². The van der Waals surface area contributed by atoms with E-state index in [0.717, 1.165) is 44.8 Å². The number of halogens is 1. The fourth-order valence-corrected chi connectivity index (χ4v) is 3.48. The van der Waals surface area contributed by atoms with Gasteiger partial charge in [-0.15, -0.1) is 0 Å². The first-order valence-corrected chi connectivity index (χ1v) is 9.61. The lowest BCUT2D eigenvalue weighted by molar-refractivity contribution is 0.628. The Morgan fingerprint density at radius 2 is 1.76 bits per heavy atom. The van der Waals surface area contributed by atoms with Gasteiger partial charge in [-0.05, 0) is 41.0 Å². The van der Waals surface area contributed by atoms with Crippen molar-refractivity contribution in [2.75, 3.05) is 5.73 Å². The Balaban J connectivity index is 0.00000117. The number of anilines is 1. The van der Waals surface area contributed by atoms with Crippen LogP contribution in [0.1, 0.15) is 30.5 Å². The summed E-state index contributed by atoms with van der Waals surface area (Å²) in [6.45, 7) is 11.9. The molecule has 1 aromatic heterocycles. The summed E-state index contributed by atoms with van der Waals surface area (Å²) in [5.41, 5.74) is 13.5. The van der Waals surface area contributed by atoms with E-state index in [1.54, 1.807) is 18.2 Å². The molecule has 1 heterocycles. The Morgan fingerprint density at radius 3 is 2.45 bits per heavy atom. The predicted molar refractivity (Wildman–Crippen MR) is 120 cm³/mol. The highest BCUT2D eigenvalue weighted by Gasteiger charge is 2.27. The first-order valence-electron chi connectivity index (χ1n) is 9.61. The highest BCUT2D eigenvalue weighted by atomic mass is 19.1. The molecule has 0 saturated carbocycles. The number of aromatic nitrogens is 2. The highest BCUT2D eigenvalue weighted by Crippen LogP contribution is 2.43. The molecule has 29 heavy (non-hydrogen) atoms. The molecular weight excluding hydrogens is 361 g/mol. The van der Waals surface area contributed by atoms with E-state index >= 15 is 0 Å². The monoisotopic (exact) mass is 385 g/mol. The number of nitrogens with two attached hydrogens (primary N) is 1. The van der Waals surface area contributed by atoms with Gasteiger partial charge in [-0.3, -0.25) is 0 Å². The zero-order valence-corrected chi connectivity index (χ0v) is 16.7. The van der Waals surface area contributed by atoms with E-state index in [1.165, 1.54) is 12.1 Å². The number of nitrogens with zero attached hydrogens (tertiary/aromatic N) is 2. The highest BCUT2D eigenvalue weighted by molar-refractivity contribution is 5.91. The van der Waals surface area contributed by atoms with Crippen molar-refractivity contribution >= 4 is 11.5 Å². The first kappa shape index (κ1) is 20.2. The topological polar surface area (TPSA) is 51.8 Å². The number of rotatable bonds is 4. The van der Waals surface area contributed by atoms with Gasteiger partial charge in [0, 0.05) is 23.1 Å². The Morgan fingerprint density at radius 1 is 1.07 bits per heavy atom. The maximum absolute atomic E-state index is 13.3. The van der Waals surface area contributed by atoms with Crippen LogP contribution in [0.5, 0.6) is 0 Å². The van der Waals surface area contributed by atoms with E-state index < -0.39 is 0 Å². The minimum atomic E-state index is -0.284. The SMILES string of the molecule is C=C/C=C\C(=C)c1cccc2c1-c1nc(N)nc(-c3ccc(F)cc3)c1C2.CC. The minimum absolute atomic E-state index is 0.197. The van der Waals surface area contributed by atoms with Crippen molar-refractivity contribution in [3.05, 3.63) is 96.4 Å². The van der Waals surface area contributed by atoms with Crippen molar-refractivity contribution in [1.29, 1.82) is 0 Å². The van der Waals surface area contributed by atoms with Crippen LogP contribution in [-0.2, 0) is 6.42 Å². The van der Waals surface area contributed by atoms with E-state index in [2.05, 4.69) is 29.2 Å². The van der Waals surface area contributed by atoms with E-state index in [1.807, 2.05) is 38.1 Å². The lowest BCUT2D eigenvalue weighted by atomic mass is 9.96. The lowest BCUT2D eigenvalue weighted by Crippen LogP contribution is -2.02. The fourth-order valence-electron chi connectivity index (χ4n) is 3.48. The molecule has 0 unspecified atom stereocenters. The fraction of sp³-hybridized carbons (Fsp3) is 0.120. The van der Waals surface area contributed by atoms with E-state index in [9.17, 15) is 4.39 Å². The van der Waals surface area contributed by atoms with Crippen LogP contribution in [0.15, 0.2) is 73.9 Å².